The van der Waals surface area contributed by atoms with E-state index in [1.165, 1.54) is 19.9 Å². The Bertz CT molecular complexity index is 1140. The fourth-order valence-corrected chi connectivity index (χ4v) is 3.41. The summed E-state index contributed by atoms with van der Waals surface area (Å²) in [6.07, 6.45) is 1.91. The van der Waals surface area contributed by atoms with Crippen molar-refractivity contribution in [2.75, 3.05) is 23.7 Å². The van der Waals surface area contributed by atoms with E-state index in [2.05, 4.69) is 20.9 Å². The van der Waals surface area contributed by atoms with Crippen LogP contribution in [0, 0.1) is 19.7 Å². The van der Waals surface area contributed by atoms with Gasteiger partial charge in [-0.25, -0.2) is 18.6 Å². The quantitative estimate of drug-likeness (QED) is 0.437. The highest BCUT2D eigenvalue weighted by Gasteiger charge is 2.17. The third-order valence-corrected chi connectivity index (χ3v) is 5.11. The monoisotopic (exact) mass is 441 g/mol. The van der Waals surface area contributed by atoms with Gasteiger partial charge in [-0.2, -0.15) is 0 Å². The molecule has 0 atom stereocenters. The Hall–Kier alpha value is -3.29. The molecule has 2 amide bonds. The van der Waals surface area contributed by atoms with Crippen LogP contribution in [-0.2, 0) is 0 Å². The number of carbonyl (C=O) groups is 1. The number of halogens is 2. The summed E-state index contributed by atoms with van der Waals surface area (Å²) in [5.41, 5.74) is 2.55. The molecular weight excluding hydrogens is 412 g/mol. The minimum Gasteiger partial charge on any atom is -0.370 e. The summed E-state index contributed by atoms with van der Waals surface area (Å²) >= 11 is 0. The number of rotatable bonds is 7. The van der Waals surface area contributed by atoms with Crippen molar-refractivity contribution < 1.29 is 13.6 Å². The second kappa shape index (κ2) is 9.46. The van der Waals surface area contributed by atoms with Crippen LogP contribution in [0.15, 0.2) is 30.5 Å². The largest absolute Gasteiger partial charge is 0.370 e. The number of alkyl halides is 1. The molecule has 170 valence electrons. The van der Waals surface area contributed by atoms with Crippen LogP contribution in [0.2, 0.25) is 0 Å². The maximum absolute atomic E-state index is 14.6. The molecule has 3 aromatic rings. The number of pyridine rings is 2. The fourth-order valence-electron chi connectivity index (χ4n) is 3.41. The fraction of sp³-hybridized carbons (Fsp3) is 0.375. The SMILES string of the molecule is CCNc1cc2nc(C)c(-c3cc(NC(=O)NCCC(C)(C)F)c(F)cc3C)cc2cn1. The van der Waals surface area contributed by atoms with Crippen LogP contribution in [0.4, 0.5) is 25.1 Å². The lowest BCUT2D eigenvalue weighted by Gasteiger charge is -2.16. The van der Waals surface area contributed by atoms with Crippen molar-refractivity contribution in [1.29, 1.82) is 0 Å². The first-order valence-electron chi connectivity index (χ1n) is 10.6. The summed E-state index contributed by atoms with van der Waals surface area (Å²) in [7, 11) is 0. The van der Waals surface area contributed by atoms with Gasteiger partial charge in [-0.1, -0.05) is 0 Å². The standard InChI is InChI=1S/C24H29F2N5O/c1-6-27-22-12-20-16(13-29-22)10-18(15(3)30-20)17-11-21(19(25)9-14(17)2)31-23(32)28-8-7-24(4,5)26/h9-13H,6-8H2,1-5H3,(H,27,29)(H2,28,31,32). The summed E-state index contributed by atoms with van der Waals surface area (Å²) in [6, 6.07) is 6.25. The zero-order chi connectivity index (χ0) is 23.5. The molecular formula is C24H29F2N5O. The van der Waals surface area contributed by atoms with E-state index in [4.69, 9.17) is 4.98 Å². The lowest BCUT2D eigenvalue weighted by atomic mass is 9.97. The number of nitrogens with one attached hydrogen (secondary N) is 3. The molecule has 0 radical (unpaired) electrons. The van der Waals surface area contributed by atoms with Crippen LogP contribution in [0.3, 0.4) is 0 Å². The van der Waals surface area contributed by atoms with Crippen LogP contribution in [0.5, 0.6) is 0 Å². The lowest BCUT2D eigenvalue weighted by Crippen LogP contribution is -2.32. The van der Waals surface area contributed by atoms with E-state index in [1.807, 2.05) is 32.9 Å². The van der Waals surface area contributed by atoms with Crippen molar-refractivity contribution in [3.8, 4) is 11.1 Å². The van der Waals surface area contributed by atoms with E-state index in [1.54, 1.807) is 12.3 Å². The molecule has 32 heavy (non-hydrogen) atoms. The van der Waals surface area contributed by atoms with Gasteiger partial charge in [-0.15, -0.1) is 0 Å². The van der Waals surface area contributed by atoms with Gasteiger partial charge >= 0.3 is 6.03 Å². The average Bonchev–Trinajstić information content (AvgIpc) is 2.69. The highest BCUT2D eigenvalue weighted by atomic mass is 19.1. The van der Waals surface area contributed by atoms with Gasteiger partial charge in [0.15, 0.2) is 0 Å². The normalized spacial score (nSPS) is 11.5. The molecule has 6 nitrogen and oxygen atoms in total. The lowest BCUT2D eigenvalue weighted by molar-refractivity contribution is 0.200. The van der Waals surface area contributed by atoms with Crippen molar-refractivity contribution in [1.82, 2.24) is 15.3 Å². The van der Waals surface area contributed by atoms with Crippen molar-refractivity contribution in [2.45, 2.75) is 46.7 Å². The molecule has 2 heterocycles. The number of urea groups is 1. The third kappa shape index (κ3) is 5.69. The smallest absolute Gasteiger partial charge is 0.319 e. The number of aryl methyl sites for hydroxylation is 2. The van der Waals surface area contributed by atoms with Gasteiger partial charge in [0.2, 0.25) is 0 Å². The predicted octanol–water partition coefficient (Wildman–Crippen LogP) is 5.74. The van der Waals surface area contributed by atoms with Gasteiger partial charge in [-0.05, 0) is 70.4 Å². The molecule has 0 saturated carbocycles. The molecule has 0 saturated heterocycles. The van der Waals surface area contributed by atoms with Crippen LogP contribution in [0.25, 0.3) is 22.0 Å². The minimum atomic E-state index is -1.39. The Balaban J connectivity index is 1.89. The second-order valence-electron chi connectivity index (χ2n) is 8.41. The number of benzene rings is 1. The van der Waals surface area contributed by atoms with E-state index in [9.17, 15) is 13.6 Å². The van der Waals surface area contributed by atoms with Crippen LogP contribution in [-0.4, -0.2) is 34.8 Å². The maximum atomic E-state index is 14.6. The molecule has 0 aliphatic rings. The van der Waals surface area contributed by atoms with E-state index in [0.717, 1.165) is 40.1 Å². The number of anilines is 2. The molecule has 0 bridgehead atoms. The summed E-state index contributed by atoms with van der Waals surface area (Å²) in [4.78, 5) is 21.3. The summed E-state index contributed by atoms with van der Waals surface area (Å²) in [6.45, 7) is 9.48. The molecule has 0 fully saturated rings. The first kappa shape index (κ1) is 23.4. The number of amides is 2. The van der Waals surface area contributed by atoms with Crippen molar-refractivity contribution in [3.05, 3.63) is 47.5 Å². The zero-order valence-electron chi connectivity index (χ0n) is 19.1. The van der Waals surface area contributed by atoms with Crippen LogP contribution >= 0.6 is 0 Å². The second-order valence-corrected chi connectivity index (χ2v) is 8.41. The number of hydrogen-bond donors (Lipinski definition) is 3. The number of fused-ring (bicyclic) bond motifs is 1. The number of nitrogens with zero attached hydrogens (tertiary/aromatic N) is 2. The summed E-state index contributed by atoms with van der Waals surface area (Å²) < 4.78 is 28.1. The molecule has 0 unspecified atom stereocenters. The van der Waals surface area contributed by atoms with Crippen LogP contribution < -0.4 is 16.0 Å². The number of hydrogen-bond acceptors (Lipinski definition) is 4. The van der Waals surface area contributed by atoms with Crippen LogP contribution in [0.1, 0.15) is 38.4 Å². The first-order chi connectivity index (χ1) is 15.1. The van der Waals surface area contributed by atoms with Gasteiger partial charge in [0, 0.05) is 42.0 Å². The zero-order valence-corrected chi connectivity index (χ0v) is 19.1. The molecule has 1 aromatic carbocycles. The molecule has 0 aliphatic carbocycles. The third-order valence-electron chi connectivity index (χ3n) is 5.11. The summed E-state index contributed by atoms with van der Waals surface area (Å²) in [5, 5.41) is 9.11. The van der Waals surface area contributed by atoms with Gasteiger partial charge in [0.25, 0.3) is 0 Å². The first-order valence-corrected chi connectivity index (χ1v) is 10.6. The van der Waals surface area contributed by atoms with E-state index >= 15 is 0 Å². The average molecular weight is 442 g/mol. The Morgan fingerprint density at radius 1 is 1.12 bits per heavy atom. The molecule has 3 N–H and O–H groups in total. The molecule has 0 aliphatic heterocycles. The van der Waals surface area contributed by atoms with Gasteiger partial charge in [-0.3, -0.25) is 4.98 Å². The Kier molecular flexibility index (Phi) is 6.91. The Labute approximate surface area is 186 Å². The molecule has 3 rings (SSSR count). The van der Waals surface area contributed by atoms with E-state index in [0.29, 0.717) is 5.56 Å². The molecule has 2 aromatic heterocycles. The topological polar surface area (TPSA) is 78.9 Å². The number of aromatic nitrogens is 2. The Morgan fingerprint density at radius 3 is 2.56 bits per heavy atom. The van der Waals surface area contributed by atoms with Crippen molar-refractivity contribution in [2.24, 2.45) is 0 Å². The van der Waals surface area contributed by atoms with E-state index < -0.39 is 17.5 Å². The number of carbonyl (C=O) groups excluding carboxylic acids is 1. The van der Waals surface area contributed by atoms with E-state index in [-0.39, 0.29) is 18.7 Å². The highest BCUT2D eigenvalue weighted by molar-refractivity contribution is 5.92. The van der Waals surface area contributed by atoms with Gasteiger partial charge < -0.3 is 16.0 Å². The molecule has 8 heteroatoms. The van der Waals surface area contributed by atoms with Crippen molar-refractivity contribution in [3.63, 3.8) is 0 Å². The van der Waals surface area contributed by atoms with Gasteiger partial charge in [0.05, 0.1) is 11.2 Å². The molecule has 0 spiro atoms. The minimum absolute atomic E-state index is 0.0442. The maximum Gasteiger partial charge on any atom is 0.319 e. The van der Waals surface area contributed by atoms with Crippen molar-refractivity contribution >= 4 is 28.4 Å². The highest BCUT2D eigenvalue weighted by Crippen LogP contribution is 2.32. The predicted molar refractivity (Wildman–Crippen MR) is 125 cm³/mol. The summed E-state index contributed by atoms with van der Waals surface area (Å²) in [5.74, 6) is 0.210. The van der Waals surface area contributed by atoms with Gasteiger partial charge in [0.1, 0.15) is 17.3 Å². The Morgan fingerprint density at radius 2 is 1.88 bits per heavy atom.